The molecule has 0 amide bonds. The van der Waals surface area contributed by atoms with Crippen molar-refractivity contribution in [2.24, 2.45) is 12.0 Å². The SMILES string of the molecule is CCNC(=NCc1ccn(C)c1)NCCc1ccccc1F.I. The molecule has 2 N–H and O–H groups in total. The molecule has 0 saturated carbocycles. The van der Waals surface area contributed by atoms with Gasteiger partial charge in [0.2, 0.25) is 0 Å². The maximum atomic E-state index is 13.6. The third kappa shape index (κ3) is 6.60. The molecule has 0 bridgehead atoms. The molecule has 0 fully saturated rings. The van der Waals surface area contributed by atoms with Crippen LogP contribution in [-0.2, 0) is 20.0 Å². The molecule has 0 radical (unpaired) electrons. The lowest BCUT2D eigenvalue weighted by Crippen LogP contribution is -2.38. The van der Waals surface area contributed by atoms with Crippen LogP contribution in [0.5, 0.6) is 0 Å². The van der Waals surface area contributed by atoms with E-state index in [-0.39, 0.29) is 29.8 Å². The standard InChI is InChI=1S/C17H23FN4.HI/c1-3-19-17(21-12-14-9-11-22(2)13-14)20-10-8-15-6-4-5-7-16(15)18;/h4-7,9,11,13H,3,8,10,12H2,1-2H3,(H2,19,20,21);1H. The quantitative estimate of drug-likeness (QED) is 0.420. The first kappa shape index (κ1) is 19.5. The molecule has 2 aromatic rings. The van der Waals surface area contributed by atoms with Crippen molar-refractivity contribution in [2.45, 2.75) is 19.9 Å². The van der Waals surface area contributed by atoms with Crippen LogP contribution in [0.3, 0.4) is 0 Å². The molecular formula is C17H24FIN4. The van der Waals surface area contributed by atoms with Crippen LogP contribution in [0.4, 0.5) is 4.39 Å². The van der Waals surface area contributed by atoms with Gasteiger partial charge in [0.15, 0.2) is 5.96 Å². The maximum absolute atomic E-state index is 13.6. The van der Waals surface area contributed by atoms with E-state index in [1.807, 2.05) is 49.1 Å². The van der Waals surface area contributed by atoms with Crippen molar-refractivity contribution in [3.8, 4) is 0 Å². The maximum Gasteiger partial charge on any atom is 0.191 e. The fourth-order valence-electron chi connectivity index (χ4n) is 2.18. The van der Waals surface area contributed by atoms with Gasteiger partial charge in [0, 0.05) is 32.5 Å². The van der Waals surface area contributed by atoms with E-state index in [9.17, 15) is 4.39 Å². The van der Waals surface area contributed by atoms with Crippen LogP contribution in [0.2, 0.25) is 0 Å². The van der Waals surface area contributed by atoms with Gasteiger partial charge >= 0.3 is 0 Å². The third-order valence-electron chi connectivity index (χ3n) is 3.30. The minimum Gasteiger partial charge on any atom is -0.357 e. The summed E-state index contributed by atoms with van der Waals surface area (Å²) in [6.45, 7) is 4.08. The highest BCUT2D eigenvalue weighted by Gasteiger charge is 2.02. The fraction of sp³-hybridized carbons (Fsp3) is 0.353. The first-order chi connectivity index (χ1) is 10.7. The number of hydrogen-bond acceptors (Lipinski definition) is 1. The van der Waals surface area contributed by atoms with Gasteiger partial charge in [0.25, 0.3) is 0 Å². The molecule has 0 aliphatic heterocycles. The summed E-state index contributed by atoms with van der Waals surface area (Å²) in [5.74, 6) is 0.596. The number of aryl methyl sites for hydroxylation is 1. The Labute approximate surface area is 154 Å². The van der Waals surface area contributed by atoms with Crippen LogP contribution in [0.25, 0.3) is 0 Å². The van der Waals surface area contributed by atoms with Gasteiger partial charge in [-0.15, -0.1) is 24.0 Å². The molecule has 0 aliphatic carbocycles. The van der Waals surface area contributed by atoms with Crippen LogP contribution in [0.1, 0.15) is 18.1 Å². The minimum atomic E-state index is -0.157. The molecule has 0 aliphatic rings. The Morgan fingerprint density at radius 3 is 2.65 bits per heavy atom. The molecule has 0 spiro atoms. The first-order valence-corrected chi connectivity index (χ1v) is 7.55. The molecule has 2 rings (SSSR count). The van der Waals surface area contributed by atoms with Crippen molar-refractivity contribution < 1.29 is 4.39 Å². The molecule has 126 valence electrons. The first-order valence-electron chi connectivity index (χ1n) is 7.55. The Kier molecular flexibility index (Phi) is 8.68. The molecule has 1 aromatic heterocycles. The topological polar surface area (TPSA) is 41.4 Å². The van der Waals surface area contributed by atoms with E-state index in [0.717, 1.165) is 18.1 Å². The Balaban J connectivity index is 0.00000264. The number of hydrogen-bond donors (Lipinski definition) is 2. The highest BCUT2D eigenvalue weighted by molar-refractivity contribution is 14.0. The van der Waals surface area contributed by atoms with Crippen LogP contribution in [-0.4, -0.2) is 23.6 Å². The minimum absolute atomic E-state index is 0. The second kappa shape index (κ2) is 10.3. The zero-order valence-corrected chi connectivity index (χ0v) is 15.9. The number of guanidine groups is 1. The van der Waals surface area contributed by atoms with Gasteiger partial charge in [0.05, 0.1) is 6.54 Å². The summed E-state index contributed by atoms with van der Waals surface area (Å²) in [6.07, 6.45) is 4.68. The zero-order valence-electron chi connectivity index (χ0n) is 13.6. The predicted octanol–water partition coefficient (Wildman–Crippen LogP) is 3.08. The summed E-state index contributed by atoms with van der Waals surface area (Å²) < 4.78 is 15.6. The van der Waals surface area contributed by atoms with Crippen molar-refractivity contribution in [1.82, 2.24) is 15.2 Å². The summed E-state index contributed by atoms with van der Waals surface area (Å²) in [4.78, 5) is 4.54. The van der Waals surface area contributed by atoms with Gasteiger partial charge in [-0.05, 0) is 36.6 Å². The van der Waals surface area contributed by atoms with Crippen LogP contribution in [0, 0.1) is 5.82 Å². The lowest BCUT2D eigenvalue weighted by molar-refractivity contribution is 0.606. The van der Waals surface area contributed by atoms with Gasteiger partial charge in [0.1, 0.15) is 5.82 Å². The van der Waals surface area contributed by atoms with Gasteiger partial charge < -0.3 is 15.2 Å². The molecule has 1 heterocycles. The summed E-state index contributed by atoms with van der Waals surface area (Å²) in [5.41, 5.74) is 1.88. The number of aromatic nitrogens is 1. The number of aliphatic imine (C=N–C) groups is 1. The summed E-state index contributed by atoms with van der Waals surface area (Å²) >= 11 is 0. The average molecular weight is 430 g/mol. The summed E-state index contributed by atoms with van der Waals surface area (Å²) in [7, 11) is 1.99. The molecule has 1 aromatic carbocycles. The number of rotatable bonds is 6. The lowest BCUT2D eigenvalue weighted by Gasteiger charge is -2.11. The largest absolute Gasteiger partial charge is 0.357 e. The molecular weight excluding hydrogens is 406 g/mol. The smallest absolute Gasteiger partial charge is 0.191 e. The van der Waals surface area contributed by atoms with Crippen molar-refractivity contribution in [3.05, 3.63) is 59.7 Å². The summed E-state index contributed by atoms with van der Waals surface area (Å²) in [6, 6.07) is 8.91. The predicted molar refractivity (Wildman–Crippen MR) is 104 cm³/mol. The average Bonchev–Trinajstić information content (AvgIpc) is 2.92. The van der Waals surface area contributed by atoms with E-state index >= 15 is 0 Å². The number of nitrogens with zero attached hydrogens (tertiary/aromatic N) is 2. The van der Waals surface area contributed by atoms with E-state index in [1.165, 1.54) is 6.07 Å². The molecule has 4 nitrogen and oxygen atoms in total. The number of halogens is 2. The van der Waals surface area contributed by atoms with Crippen LogP contribution in [0.15, 0.2) is 47.7 Å². The Hall–Kier alpha value is -1.57. The Bertz CT molecular complexity index is 625. The van der Waals surface area contributed by atoms with Gasteiger partial charge in [-0.3, -0.25) is 0 Å². The van der Waals surface area contributed by atoms with Crippen LogP contribution < -0.4 is 10.6 Å². The van der Waals surface area contributed by atoms with Gasteiger partial charge in [-0.25, -0.2) is 9.38 Å². The van der Waals surface area contributed by atoms with E-state index < -0.39 is 0 Å². The Morgan fingerprint density at radius 2 is 2.00 bits per heavy atom. The number of nitrogens with one attached hydrogen (secondary N) is 2. The highest BCUT2D eigenvalue weighted by Crippen LogP contribution is 2.06. The second-order valence-electron chi connectivity index (χ2n) is 5.15. The van der Waals surface area contributed by atoms with E-state index in [4.69, 9.17) is 0 Å². The fourth-order valence-corrected chi connectivity index (χ4v) is 2.18. The molecule has 6 heteroatoms. The van der Waals surface area contributed by atoms with Gasteiger partial charge in [-0.1, -0.05) is 18.2 Å². The normalized spacial score (nSPS) is 11.0. The lowest BCUT2D eigenvalue weighted by atomic mass is 10.1. The highest BCUT2D eigenvalue weighted by atomic mass is 127. The molecule has 23 heavy (non-hydrogen) atoms. The zero-order chi connectivity index (χ0) is 15.8. The number of benzene rings is 1. The molecule has 0 saturated heterocycles. The van der Waals surface area contributed by atoms with E-state index in [2.05, 4.69) is 15.6 Å². The molecule has 0 unspecified atom stereocenters. The van der Waals surface area contributed by atoms with Crippen molar-refractivity contribution in [2.75, 3.05) is 13.1 Å². The van der Waals surface area contributed by atoms with E-state index in [0.29, 0.717) is 25.1 Å². The summed E-state index contributed by atoms with van der Waals surface area (Å²) in [5, 5.41) is 6.44. The van der Waals surface area contributed by atoms with Gasteiger partial charge in [-0.2, -0.15) is 0 Å². The second-order valence-corrected chi connectivity index (χ2v) is 5.15. The van der Waals surface area contributed by atoms with Crippen molar-refractivity contribution in [1.29, 1.82) is 0 Å². The van der Waals surface area contributed by atoms with Crippen LogP contribution >= 0.6 is 24.0 Å². The third-order valence-corrected chi connectivity index (χ3v) is 3.30. The molecule has 0 atom stereocenters. The van der Waals surface area contributed by atoms with Crippen molar-refractivity contribution in [3.63, 3.8) is 0 Å². The van der Waals surface area contributed by atoms with Crippen molar-refractivity contribution >= 4 is 29.9 Å². The van der Waals surface area contributed by atoms with E-state index in [1.54, 1.807) is 6.07 Å². The Morgan fingerprint density at radius 1 is 1.22 bits per heavy atom. The monoisotopic (exact) mass is 430 g/mol.